The Hall–Kier alpha value is -1.58. The molecule has 0 saturated heterocycles. The maximum atomic E-state index is 11.9. The summed E-state index contributed by atoms with van der Waals surface area (Å²) in [6.45, 7) is 0. The minimum absolute atomic E-state index is 0.0579. The second-order valence-corrected chi connectivity index (χ2v) is 5.91. The fraction of sp³-hybridized carbons (Fsp3) is 0.600. The van der Waals surface area contributed by atoms with E-state index >= 15 is 0 Å². The van der Waals surface area contributed by atoms with Crippen molar-refractivity contribution in [2.24, 2.45) is 17.6 Å². The van der Waals surface area contributed by atoms with E-state index in [0.29, 0.717) is 11.8 Å². The van der Waals surface area contributed by atoms with Crippen molar-refractivity contribution in [1.29, 1.82) is 0 Å². The Labute approximate surface area is 112 Å². The first-order valence-corrected chi connectivity index (χ1v) is 7.20. The van der Waals surface area contributed by atoms with Gasteiger partial charge in [-0.3, -0.25) is 9.59 Å². The van der Waals surface area contributed by atoms with Crippen molar-refractivity contribution in [3.63, 3.8) is 0 Å². The van der Waals surface area contributed by atoms with Gasteiger partial charge in [0.05, 0.1) is 0 Å². The molecule has 3 rings (SSSR count). The number of carbonyl (C=O) groups is 1. The minimum Gasteiger partial charge on any atom is -0.365 e. The van der Waals surface area contributed by atoms with Gasteiger partial charge in [0, 0.05) is 11.6 Å². The van der Waals surface area contributed by atoms with E-state index in [-0.39, 0.29) is 11.1 Å². The highest BCUT2D eigenvalue weighted by molar-refractivity contribution is 5.92. The molecule has 1 aromatic heterocycles. The number of aromatic amines is 1. The van der Waals surface area contributed by atoms with Gasteiger partial charge in [0.15, 0.2) is 0 Å². The number of nitrogens with one attached hydrogen (secondary N) is 1. The summed E-state index contributed by atoms with van der Waals surface area (Å²) in [5.41, 5.74) is 5.88. The van der Waals surface area contributed by atoms with Crippen LogP contribution in [0.3, 0.4) is 0 Å². The Morgan fingerprint density at radius 2 is 1.89 bits per heavy atom. The zero-order chi connectivity index (χ0) is 13.4. The third-order valence-electron chi connectivity index (χ3n) is 4.64. The molecule has 1 amide bonds. The largest absolute Gasteiger partial charge is 0.365 e. The van der Waals surface area contributed by atoms with Crippen LogP contribution < -0.4 is 11.3 Å². The predicted molar refractivity (Wildman–Crippen MR) is 73.0 cm³/mol. The summed E-state index contributed by atoms with van der Waals surface area (Å²) < 4.78 is 0. The maximum absolute atomic E-state index is 11.9. The summed E-state index contributed by atoms with van der Waals surface area (Å²) in [6.07, 6.45) is 7.63. The van der Waals surface area contributed by atoms with Crippen LogP contribution in [-0.2, 0) is 0 Å². The molecule has 2 fully saturated rings. The van der Waals surface area contributed by atoms with Crippen LogP contribution in [0.5, 0.6) is 0 Å². The number of carbonyl (C=O) groups excluding carboxylic acids is 1. The van der Waals surface area contributed by atoms with Crippen LogP contribution in [-0.4, -0.2) is 10.9 Å². The van der Waals surface area contributed by atoms with Crippen molar-refractivity contribution in [2.45, 2.75) is 44.4 Å². The van der Waals surface area contributed by atoms with Crippen molar-refractivity contribution in [3.05, 3.63) is 33.7 Å². The van der Waals surface area contributed by atoms with Gasteiger partial charge in [-0.05, 0) is 49.7 Å². The smallest absolute Gasteiger partial charge is 0.260 e. The molecule has 0 bridgehead atoms. The van der Waals surface area contributed by atoms with Gasteiger partial charge in [-0.1, -0.05) is 12.8 Å². The zero-order valence-corrected chi connectivity index (χ0v) is 11.0. The molecule has 2 saturated carbocycles. The second kappa shape index (κ2) is 4.83. The standard InChI is InChI=1S/C15H20N2O2/c16-14(18)12-7-8-13(17-15(12)19)11-4-2-1-3-10(11)9-5-6-9/h7-11H,1-6H2,(H2,16,18)(H,17,19). The molecule has 2 atom stereocenters. The fourth-order valence-corrected chi connectivity index (χ4v) is 3.53. The quantitative estimate of drug-likeness (QED) is 0.873. The van der Waals surface area contributed by atoms with E-state index < -0.39 is 5.91 Å². The van der Waals surface area contributed by atoms with E-state index in [9.17, 15) is 9.59 Å². The monoisotopic (exact) mass is 260 g/mol. The number of aromatic nitrogens is 1. The number of hydrogen-bond donors (Lipinski definition) is 2. The third-order valence-corrected chi connectivity index (χ3v) is 4.64. The van der Waals surface area contributed by atoms with E-state index in [1.165, 1.54) is 32.1 Å². The van der Waals surface area contributed by atoms with Crippen LogP contribution in [0.1, 0.15) is 60.5 Å². The van der Waals surface area contributed by atoms with Gasteiger partial charge in [-0.25, -0.2) is 0 Å². The number of hydrogen-bond acceptors (Lipinski definition) is 2. The van der Waals surface area contributed by atoms with Gasteiger partial charge in [0.2, 0.25) is 0 Å². The number of nitrogens with two attached hydrogens (primary N) is 1. The first-order chi connectivity index (χ1) is 9.16. The first-order valence-electron chi connectivity index (χ1n) is 7.20. The average Bonchev–Trinajstić information content (AvgIpc) is 3.22. The minimum atomic E-state index is -0.657. The molecule has 3 N–H and O–H groups in total. The lowest BCUT2D eigenvalue weighted by atomic mass is 9.74. The van der Waals surface area contributed by atoms with Crippen LogP contribution >= 0.6 is 0 Å². The van der Waals surface area contributed by atoms with Gasteiger partial charge in [-0.15, -0.1) is 0 Å². The summed E-state index contributed by atoms with van der Waals surface area (Å²) in [6, 6.07) is 3.46. The van der Waals surface area contributed by atoms with E-state index in [1.54, 1.807) is 6.07 Å². The second-order valence-electron chi connectivity index (χ2n) is 5.91. The lowest BCUT2D eigenvalue weighted by Gasteiger charge is -2.31. The topological polar surface area (TPSA) is 76.0 Å². The molecule has 1 aromatic rings. The van der Waals surface area contributed by atoms with Crippen LogP contribution in [0, 0.1) is 11.8 Å². The lowest BCUT2D eigenvalue weighted by Crippen LogP contribution is -2.27. The highest BCUT2D eigenvalue weighted by Crippen LogP contribution is 2.49. The highest BCUT2D eigenvalue weighted by atomic mass is 16.2. The van der Waals surface area contributed by atoms with E-state index in [0.717, 1.165) is 18.0 Å². The van der Waals surface area contributed by atoms with Crippen LogP contribution in [0.25, 0.3) is 0 Å². The molecule has 2 aliphatic rings. The van der Waals surface area contributed by atoms with Crippen LogP contribution in [0.4, 0.5) is 0 Å². The van der Waals surface area contributed by atoms with Crippen LogP contribution in [0.2, 0.25) is 0 Å². The van der Waals surface area contributed by atoms with Crippen molar-refractivity contribution >= 4 is 5.91 Å². The molecule has 2 aliphatic carbocycles. The number of pyridine rings is 1. The molecule has 0 aliphatic heterocycles. The Morgan fingerprint density at radius 3 is 2.53 bits per heavy atom. The summed E-state index contributed by atoms with van der Waals surface area (Å²) in [5.74, 6) is 1.36. The predicted octanol–water partition coefficient (Wildman–Crippen LogP) is 2.16. The number of rotatable bonds is 3. The SMILES string of the molecule is NC(=O)c1ccc(C2CCCCC2C2CC2)[nH]c1=O. The van der Waals surface area contributed by atoms with Crippen molar-refractivity contribution < 1.29 is 4.79 Å². The average molecular weight is 260 g/mol. The van der Waals surface area contributed by atoms with Crippen molar-refractivity contribution in [2.75, 3.05) is 0 Å². The van der Waals surface area contributed by atoms with Crippen LogP contribution in [0.15, 0.2) is 16.9 Å². The van der Waals surface area contributed by atoms with Gasteiger partial charge in [0.25, 0.3) is 11.5 Å². The fourth-order valence-electron chi connectivity index (χ4n) is 3.53. The van der Waals surface area contributed by atoms with Crippen molar-refractivity contribution in [1.82, 2.24) is 4.98 Å². The molecule has 19 heavy (non-hydrogen) atoms. The van der Waals surface area contributed by atoms with Crippen molar-refractivity contribution in [3.8, 4) is 0 Å². The molecule has 0 spiro atoms. The van der Waals surface area contributed by atoms with Gasteiger partial charge >= 0.3 is 0 Å². The molecule has 0 aromatic carbocycles. The summed E-state index contributed by atoms with van der Waals surface area (Å²) in [7, 11) is 0. The number of amides is 1. The Bertz CT molecular complexity index is 545. The summed E-state index contributed by atoms with van der Waals surface area (Å²) >= 11 is 0. The normalized spacial score (nSPS) is 27.2. The zero-order valence-electron chi connectivity index (χ0n) is 11.0. The molecule has 4 heteroatoms. The lowest BCUT2D eigenvalue weighted by molar-refractivity contribution is 0.0998. The molecular formula is C15H20N2O2. The first kappa shape index (κ1) is 12.5. The van der Waals surface area contributed by atoms with E-state index in [4.69, 9.17) is 5.73 Å². The number of H-pyrrole nitrogens is 1. The van der Waals surface area contributed by atoms with Gasteiger partial charge in [0.1, 0.15) is 5.56 Å². The third kappa shape index (κ3) is 2.44. The molecule has 0 radical (unpaired) electrons. The Kier molecular flexibility index (Phi) is 3.17. The highest BCUT2D eigenvalue weighted by Gasteiger charge is 2.38. The molecule has 4 nitrogen and oxygen atoms in total. The van der Waals surface area contributed by atoms with Gasteiger partial charge in [-0.2, -0.15) is 0 Å². The van der Waals surface area contributed by atoms with Gasteiger partial charge < -0.3 is 10.7 Å². The van der Waals surface area contributed by atoms with E-state index in [1.807, 2.05) is 6.07 Å². The maximum Gasteiger partial charge on any atom is 0.260 e. The summed E-state index contributed by atoms with van der Waals surface area (Å²) in [5, 5.41) is 0. The summed E-state index contributed by atoms with van der Waals surface area (Å²) in [4.78, 5) is 25.8. The molecule has 1 heterocycles. The van der Waals surface area contributed by atoms with E-state index in [2.05, 4.69) is 4.98 Å². The molecule has 102 valence electrons. The molecular weight excluding hydrogens is 240 g/mol. The Morgan fingerprint density at radius 1 is 1.16 bits per heavy atom. The Balaban J connectivity index is 1.89. The number of primary amides is 1. The molecule has 2 unspecified atom stereocenters.